The minimum Gasteiger partial charge on any atom is -0.481 e. The standard InChI is InChI=1S/C18H26N2O6S/c1-13(2)11-20-27(24,25)15-5-3-14(4-6-15)16(21)19-12-18(17(22)23)7-9-26-10-8-18/h3-6,13,20H,7-12H2,1-2H3,(H,19,21)(H,22,23). The van der Waals surface area contributed by atoms with E-state index in [0.717, 1.165) is 0 Å². The van der Waals surface area contributed by atoms with E-state index in [2.05, 4.69) is 10.0 Å². The van der Waals surface area contributed by atoms with Gasteiger partial charge in [0.05, 0.1) is 10.3 Å². The Balaban J connectivity index is 2.02. The summed E-state index contributed by atoms with van der Waals surface area (Å²) >= 11 is 0. The van der Waals surface area contributed by atoms with Crippen molar-refractivity contribution >= 4 is 21.9 Å². The molecule has 27 heavy (non-hydrogen) atoms. The van der Waals surface area contributed by atoms with Crippen LogP contribution in [0.1, 0.15) is 37.0 Å². The molecule has 0 saturated carbocycles. The molecule has 1 aromatic rings. The lowest BCUT2D eigenvalue weighted by Crippen LogP contribution is -2.46. The van der Waals surface area contributed by atoms with Crippen LogP contribution in [-0.2, 0) is 19.6 Å². The quantitative estimate of drug-likeness (QED) is 0.605. The average molecular weight is 398 g/mol. The molecule has 1 amide bonds. The molecule has 1 aromatic carbocycles. The summed E-state index contributed by atoms with van der Waals surface area (Å²) in [4.78, 5) is 24.0. The lowest BCUT2D eigenvalue weighted by Gasteiger charge is -2.33. The number of hydrogen-bond acceptors (Lipinski definition) is 5. The highest BCUT2D eigenvalue weighted by molar-refractivity contribution is 7.89. The molecule has 150 valence electrons. The zero-order valence-corrected chi connectivity index (χ0v) is 16.3. The van der Waals surface area contributed by atoms with Crippen LogP contribution in [0.4, 0.5) is 0 Å². The van der Waals surface area contributed by atoms with Gasteiger partial charge in [-0.1, -0.05) is 13.8 Å². The molecule has 1 saturated heterocycles. The van der Waals surface area contributed by atoms with E-state index >= 15 is 0 Å². The summed E-state index contributed by atoms with van der Waals surface area (Å²) in [6.45, 7) is 4.82. The number of carbonyl (C=O) groups is 2. The fraction of sp³-hybridized carbons (Fsp3) is 0.556. The van der Waals surface area contributed by atoms with E-state index in [9.17, 15) is 23.1 Å². The smallest absolute Gasteiger partial charge is 0.311 e. The lowest BCUT2D eigenvalue weighted by atomic mass is 9.80. The largest absolute Gasteiger partial charge is 0.481 e. The summed E-state index contributed by atoms with van der Waals surface area (Å²) < 4.78 is 32.1. The number of carboxylic acid groups (broad SMARTS) is 1. The van der Waals surface area contributed by atoms with Crippen LogP contribution in [0.5, 0.6) is 0 Å². The molecule has 0 radical (unpaired) electrons. The molecule has 0 bridgehead atoms. The Morgan fingerprint density at radius 2 is 1.78 bits per heavy atom. The summed E-state index contributed by atoms with van der Waals surface area (Å²) in [6, 6.07) is 5.55. The van der Waals surface area contributed by atoms with Crippen LogP contribution < -0.4 is 10.0 Å². The fourth-order valence-electron chi connectivity index (χ4n) is 2.73. The highest BCUT2D eigenvalue weighted by atomic mass is 32.2. The first kappa shape index (κ1) is 21.3. The maximum absolute atomic E-state index is 12.3. The summed E-state index contributed by atoms with van der Waals surface area (Å²) in [5, 5.41) is 12.2. The number of aliphatic carboxylic acids is 1. The highest BCUT2D eigenvalue weighted by Crippen LogP contribution is 2.30. The van der Waals surface area contributed by atoms with Gasteiger partial charge in [0.1, 0.15) is 0 Å². The maximum Gasteiger partial charge on any atom is 0.311 e. The highest BCUT2D eigenvalue weighted by Gasteiger charge is 2.40. The molecule has 1 heterocycles. The number of hydrogen-bond donors (Lipinski definition) is 3. The van der Waals surface area contributed by atoms with Gasteiger partial charge in [0.15, 0.2) is 0 Å². The Hall–Kier alpha value is -1.97. The average Bonchev–Trinajstić information content (AvgIpc) is 2.65. The van der Waals surface area contributed by atoms with Crippen LogP contribution in [0.3, 0.4) is 0 Å². The first-order valence-corrected chi connectivity index (χ1v) is 10.3. The molecule has 0 unspecified atom stereocenters. The van der Waals surface area contributed by atoms with Crippen LogP contribution in [-0.4, -0.2) is 51.7 Å². The fourth-order valence-corrected chi connectivity index (χ4v) is 3.94. The van der Waals surface area contributed by atoms with E-state index in [1.165, 1.54) is 24.3 Å². The molecular formula is C18H26N2O6S. The number of amides is 1. The molecule has 1 aliphatic rings. The molecule has 0 atom stereocenters. The van der Waals surface area contributed by atoms with Crippen molar-refractivity contribution < 1.29 is 27.9 Å². The summed E-state index contributed by atoms with van der Waals surface area (Å²) in [7, 11) is -3.62. The lowest BCUT2D eigenvalue weighted by molar-refractivity contribution is -0.154. The van der Waals surface area contributed by atoms with Gasteiger partial charge in [0, 0.05) is 31.9 Å². The number of rotatable bonds is 8. The minimum absolute atomic E-state index is 0.000517. The third-order valence-electron chi connectivity index (χ3n) is 4.60. The van der Waals surface area contributed by atoms with Gasteiger partial charge in [0.25, 0.3) is 5.91 Å². The molecule has 0 aromatic heterocycles. The van der Waals surface area contributed by atoms with E-state index in [0.29, 0.717) is 32.6 Å². The number of carbonyl (C=O) groups excluding carboxylic acids is 1. The van der Waals surface area contributed by atoms with Crippen molar-refractivity contribution in [3.8, 4) is 0 Å². The Morgan fingerprint density at radius 1 is 1.19 bits per heavy atom. The second-order valence-corrected chi connectivity index (χ2v) is 8.92. The molecule has 9 heteroatoms. The van der Waals surface area contributed by atoms with Gasteiger partial charge in [-0.25, -0.2) is 13.1 Å². The van der Waals surface area contributed by atoms with Crippen molar-refractivity contribution in [1.29, 1.82) is 0 Å². The van der Waals surface area contributed by atoms with Gasteiger partial charge in [-0.2, -0.15) is 0 Å². The van der Waals surface area contributed by atoms with Crippen LogP contribution in [0.2, 0.25) is 0 Å². The monoisotopic (exact) mass is 398 g/mol. The first-order chi connectivity index (χ1) is 12.7. The second kappa shape index (κ2) is 8.81. The number of benzene rings is 1. The van der Waals surface area contributed by atoms with Gasteiger partial charge < -0.3 is 15.2 Å². The third kappa shape index (κ3) is 5.50. The van der Waals surface area contributed by atoms with Gasteiger partial charge in [-0.3, -0.25) is 9.59 Å². The van der Waals surface area contributed by atoms with Crippen molar-refractivity contribution in [3.63, 3.8) is 0 Å². The summed E-state index contributed by atoms with van der Waals surface area (Å²) in [5.41, 5.74) is -0.761. The molecule has 1 aliphatic heterocycles. The topological polar surface area (TPSA) is 122 Å². The van der Waals surface area contributed by atoms with Crippen LogP contribution in [0.25, 0.3) is 0 Å². The molecule has 0 aliphatic carbocycles. The minimum atomic E-state index is -3.62. The summed E-state index contributed by atoms with van der Waals surface area (Å²) in [5.74, 6) is -1.22. The van der Waals surface area contributed by atoms with Crippen molar-refractivity contribution in [1.82, 2.24) is 10.0 Å². The molecule has 2 rings (SSSR count). The second-order valence-electron chi connectivity index (χ2n) is 7.15. The Labute approximate surface area is 159 Å². The van der Waals surface area contributed by atoms with Crippen molar-refractivity contribution in [2.45, 2.75) is 31.6 Å². The number of nitrogens with one attached hydrogen (secondary N) is 2. The number of carboxylic acids is 1. The van der Waals surface area contributed by atoms with Crippen molar-refractivity contribution in [3.05, 3.63) is 29.8 Å². The van der Waals surface area contributed by atoms with E-state index in [1.54, 1.807) is 0 Å². The van der Waals surface area contributed by atoms with E-state index in [-0.39, 0.29) is 22.9 Å². The molecule has 1 fully saturated rings. The zero-order valence-electron chi connectivity index (χ0n) is 15.5. The Kier molecular flexibility index (Phi) is 6.96. The molecule has 3 N–H and O–H groups in total. The van der Waals surface area contributed by atoms with Gasteiger partial charge >= 0.3 is 5.97 Å². The van der Waals surface area contributed by atoms with Crippen molar-refractivity contribution in [2.75, 3.05) is 26.3 Å². The van der Waals surface area contributed by atoms with E-state index < -0.39 is 27.3 Å². The van der Waals surface area contributed by atoms with E-state index in [1.807, 2.05) is 13.8 Å². The van der Waals surface area contributed by atoms with Gasteiger partial charge in [0.2, 0.25) is 10.0 Å². The predicted octanol–water partition coefficient (Wildman–Crippen LogP) is 1.23. The van der Waals surface area contributed by atoms with Crippen molar-refractivity contribution in [2.24, 2.45) is 11.3 Å². The Morgan fingerprint density at radius 3 is 2.30 bits per heavy atom. The maximum atomic E-state index is 12.3. The number of ether oxygens (including phenoxy) is 1. The molecule has 8 nitrogen and oxygen atoms in total. The molecule has 0 spiro atoms. The van der Waals surface area contributed by atoms with Crippen LogP contribution >= 0.6 is 0 Å². The summed E-state index contributed by atoms with van der Waals surface area (Å²) in [6.07, 6.45) is 0.669. The van der Waals surface area contributed by atoms with Crippen LogP contribution in [0.15, 0.2) is 29.2 Å². The van der Waals surface area contributed by atoms with Crippen LogP contribution in [0, 0.1) is 11.3 Å². The normalized spacial score (nSPS) is 16.9. The Bertz CT molecular complexity index is 768. The number of sulfonamides is 1. The molecular weight excluding hydrogens is 372 g/mol. The van der Waals surface area contributed by atoms with E-state index in [4.69, 9.17) is 4.74 Å². The SMILES string of the molecule is CC(C)CNS(=O)(=O)c1ccc(C(=O)NCC2(C(=O)O)CCOCC2)cc1. The zero-order chi connectivity index (χ0) is 20.1. The predicted molar refractivity (Wildman–Crippen MR) is 98.9 cm³/mol. The van der Waals surface area contributed by atoms with Gasteiger partial charge in [-0.15, -0.1) is 0 Å². The van der Waals surface area contributed by atoms with Gasteiger partial charge in [-0.05, 0) is 43.0 Å². The first-order valence-electron chi connectivity index (χ1n) is 8.85. The third-order valence-corrected chi connectivity index (χ3v) is 6.04.